The summed E-state index contributed by atoms with van der Waals surface area (Å²) in [6.07, 6.45) is 2.56. The molecular formula is C22H30N4O3. The van der Waals surface area contributed by atoms with E-state index in [1.165, 1.54) is 4.90 Å². The topological polar surface area (TPSA) is 96.1 Å². The number of amides is 4. The molecular weight excluding hydrogens is 368 g/mol. The summed E-state index contributed by atoms with van der Waals surface area (Å²) in [7, 11) is 0. The number of hydrogen-bond donors (Lipinski definition) is 1. The van der Waals surface area contributed by atoms with Crippen molar-refractivity contribution < 1.29 is 14.4 Å². The van der Waals surface area contributed by atoms with Crippen LogP contribution in [0.2, 0.25) is 0 Å². The first-order valence-corrected chi connectivity index (χ1v) is 10.4. The van der Waals surface area contributed by atoms with E-state index in [1.807, 2.05) is 13.8 Å². The van der Waals surface area contributed by atoms with E-state index in [9.17, 15) is 14.4 Å². The highest BCUT2D eigenvalue weighted by atomic mass is 16.2. The van der Waals surface area contributed by atoms with Gasteiger partial charge < -0.3 is 10.6 Å². The van der Waals surface area contributed by atoms with Gasteiger partial charge in [-0.2, -0.15) is 4.99 Å². The highest BCUT2D eigenvalue weighted by Crippen LogP contribution is 2.29. The first-order valence-electron chi connectivity index (χ1n) is 10.4. The number of aliphatic imine (C=N–C) groups is 1. The Morgan fingerprint density at radius 3 is 2.17 bits per heavy atom. The number of piperidine rings is 1. The summed E-state index contributed by atoms with van der Waals surface area (Å²) in [6.45, 7) is 7.74. The van der Waals surface area contributed by atoms with Crippen molar-refractivity contribution in [3.63, 3.8) is 0 Å². The van der Waals surface area contributed by atoms with Gasteiger partial charge in [0.2, 0.25) is 0 Å². The van der Waals surface area contributed by atoms with Crippen LogP contribution < -0.4 is 5.73 Å². The Morgan fingerprint density at radius 2 is 1.66 bits per heavy atom. The standard InChI is InChI=1S/C22H30N4O3/c1-14(2)19(23)24-22(29)25-11-9-16(10-12-25)15(3)8-13-26-20(27)17-6-4-5-7-18(17)21(26)28/h4-7,14-16H,8-13H2,1-3H3,(H2,23,24,29)/t15-/m1/s1. The van der Waals surface area contributed by atoms with E-state index in [4.69, 9.17) is 5.73 Å². The third-order valence-corrected chi connectivity index (χ3v) is 6.12. The van der Waals surface area contributed by atoms with Gasteiger partial charge in [-0.05, 0) is 43.2 Å². The molecule has 1 fully saturated rings. The summed E-state index contributed by atoms with van der Waals surface area (Å²) >= 11 is 0. The van der Waals surface area contributed by atoms with Crippen LogP contribution in [0.1, 0.15) is 60.7 Å². The summed E-state index contributed by atoms with van der Waals surface area (Å²) < 4.78 is 0. The van der Waals surface area contributed by atoms with Crippen LogP contribution in [-0.4, -0.2) is 53.1 Å². The summed E-state index contributed by atoms with van der Waals surface area (Å²) in [4.78, 5) is 44.3. The number of imide groups is 1. The highest BCUT2D eigenvalue weighted by Gasteiger charge is 2.35. The molecule has 2 N–H and O–H groups in total. The van der Waals surface area contributed by atoms with Crippen molar-refractivity contribution in [2.24, 2.45) is 28.5 Å². The number of hydrogen-bond acceptors (Lipinski definition) is 3. The molecule has 29 heavy (non-hydrogen) atoms. The smallest absolute Gasteiger partial charge is 0.345 e. The molecule has 0 spiro atoms. The zero-order chi connectivity index (χ0) is 21.1. The first-order chi connectivity index (χ1) is 13.8. The van der Waals surface area contributed by atoms with E-state index < -0.39 is 0 Å². The Bertz CT molecular complexity index is 790. The summed E-state index contributed by atoms with van der Waals surface area (Å²) in [6, 6.07) is 6.72. The number of amidine groups is 1. The van der Waals surface area contributed by atoms with E-state index in [0.717, 1.165) is 19.3 Å². The van der Waals surface area contributed by atoms with Crippen molar-refractivity contribution in [3.05, 3.63) is 35.4 Å². The van der Waals surface area contributed by atoms with Gasteiger partial charge in [-0.3, -0.25) is 14.5 Å². The molecule has 1 aromatic rings. The number of carbonyl (C=O) groups is 3. The largest absolute Gasteiger partial charge is 0.387 e. The van der Waals surface area contributed by atoms with Gasteiger partial charge in [0.15, 0.2) is 0 Å². The molecule has 0 aliphatic carbocycles. The van der Waals surface area contributed by atoms with E-state index in [1.54, 1.807) is 29.2 Å². The number of carbonyl (C=O) groups excluding carboxylic acids is 3. The Kier molecular flexibility index (Phi) is 6.35. The summed E-state index contributed by atoms with van der Waals surface area (Å²) in [5.74, 6) is 0.851. The zero-order valence-electron chi connectivity index (χ0n) is 17.4. The fourth-order valence-corrected chi connectivity index (χ4v) is 3.98. The molecule has 4 amide bonds. The third-order valence-electron chi connectivity index (χ3n) is 6.12. The van der Waals surface area contributed by atoms with Crippen LogP contribution in [0.5, 0.6) is 0 Å². The zero-order valence-corrected chi connectivity index (χ0v) is 17.4. The molecule has 0 bridgehead atoms. The van der Waals surface area contributed by atoms with Gasteiger partial charge in [0.25, 0.3) is 11.8 Å². The number of benzene rings is 1. The van der Waals surface area contributed by atoms with E-state index >= 15 is 0 Å². The van der Waals surface area contributed by atoms with E-state index in [0.29, 0.717) is 48.4 Å². The number of fused-ring (bicyclic) bond motifs is 1. The Morgan fingerprint density at radius 1 is 1.10 bits per heavy atom. The van der Waals surface area contributed by atoms with Crippen LogP contribution in [-0.2, 0) is 0 Å². The molecule has 7 nitrogen and oxygen atoms in total. The maximum atomic E-state index is 12.5. The quantitative estimate of drug-likeness (QED) is 0.468. The molecule has 2 heterocycles. The van der Waals surface area contributed by atoms with Crippen molar-refractivity contribution in [3.8, 4) is 0 Å². The summed E-state index contributed by atoms with van der Waals surface area (Å²) in [5, 5.41) is 0. The van der Waals surface area contributed by atoms with Crippen molar-refractivity contribution in [1.29, 1.82) is 0 Å². The molecule has 1 saturated heterocycles. The van der Waals surface area contributed by atoms with Crippen LogP contribution in [0.3, 0.4) is 0 Å². The fraction of sp³-hybridized carbons (Fsp3) is 0.545. The van der Waals surface area contributed by atoms with Crippen molar-refractivity contribution >= 4 is 23.7 Å². The minimum atomic E-state index is -0.256. The fourth-order valence-electron chi connectivity index (χ4n) is 3.98. The second-order valence-corrected chi connectivity index (χ2v) is 8.37. The lowest BCUT2D eigenvalue weighted by Crippen LogP contribution is -2.40. The molecule has 0 radical (unpaired) electrons. The van der Waals surface area contributed by atoms with Crippen LogP contribution >= 0.6 is 0 Å². The van der Waals surface area contributed by atoms with E-state index in [2.05, 4.69) is 11.9 Å². The number of rotatable bonds is 5. The second-order valence-electron chi connectivity index (χ2n) is 8.37. The number of nitrogens with two attached hydrogens (primary N) is 1. The van der Waals surface area contributed by atoms with Crippen molar-refractivity contribution in [2.75, 3.05) is 19.6 Å². The monoisotopic (exact) mass is 398 g/mol. The van der Waals surface area contributed by atoms with Crippen molar-refractivity contribution in [2.45, 2.75) is 40.0 Å². The number of likely N-dealkylation sites (tertiary alicyclic amines) is 1. The maximum Gasteiger partial charge on any atom is 0.345 e. The molecule has 1 aromatic carbocycles. The summed E-state index contributed by atoms with van der Waals surface area (Å²) in [5.41, 5.74) is 6.79. The second kappa shape index (κ2) is 8.76. The molecule has 7 heteroatoms. The van der Waals surface area contributed by atoms with Crippen LogP contribution in [0, 0.1) is 17.8 Å². The van der Waals surface area contributed by atoms with Gasteiger partial charge in [-0.1, -0.05) is 32.9 Å². The highest BCUT2D eigenvalue weighted by molar-refractivity contribution is 6.21. The first kappa shape index (κ1) is 21.0. The predicted octanol–water partition coefficient (Wildman–Crippen LogP) is 3.15. The minimum absolute atomic E-state index is 0.0543. The number of nitrogens with zero attached hydrogens (tertiary/aromatic N) is 3. The normalized spacial score (nSPS) is 19.1. The Hall–Kier alpha value is -2.70. The molecule has 0 unspecified atom stereocenters. The van der Waals surface area contributed by atoms with Crippen LogP contribution in [0.4, 0.5) is 4.79 Å². The van der Waals surface area contributed by atoms with E-state index in [-0.39, 0.29) is 23.8 Å². The Balaban J connectivity index is 1.49. The van der Waals surface area contributed by atoms with Gasteiger partial charge in [-0.15, -0.1) is 0 Å². The van der Waals surface area contributed by atoms with Crippen LogP contribution in [0.25, 0.3) is 0 Å². The molecule has 1 atom stereocenters. The lowest BCUT2D eigenvalue weighted by molar-refractivity contribution is 0.0635. The predicted molar refractivity (Wildman–Crippen MR) is 112 cm³/mol. The van der Waals surface area contributed by atoms with Gasteiger partial charge >= 0.3 is 6.03 Å². The van der Waals surface area contributed by atoms with Crippen molar-refractivity contribution in [1.82, 2.24) is 9.80 Å². The molecule has 2 aliphatic rings. The van der Waals surface area contributed by atoms with Gasteiger partial charge in [0, 0.05) is 25.6 Å². The van der Waals surface area contributed by atoms with Crippen LogP contribution in [0.15, 0.2) is 29.3 Å². The lowest BCUT2D eigenvalue weighted by Gasteiger charge is -2.34. The number of urea groups is 1. The average Bonchev–Trinajstić information content (AvgIpc) is 2.96. The van der Waals surface area contributed by atoms with Gasteiger partial charge in [0.1, 0.15) is 5.84 Å². The maximum absolute atomic E-state index is 12.5. The van der Waals surface area contributed by atoms with Gasteiger partial charge in [-0.25, -0.2) is 4.79 Å². The molecule has 0 aromatic heterocycles. The molecule has 0 saturated carbocycles. The third kappa shape index (κ3) is 4.49. The molecule has 156 valence electrons. The Labute approximate surface area is 171 Å². The minimum Gasteiger partial charge on any atom is -0.387 e. The van der Waals surface area contributed by atoms with Gasteiger partial charge in [0.05, 0.1) is 11.1 Å². The average molecular weight is 399 g/mol. The molecule has 2 aliphatic heterocycles. The molecule has 3 rings (SSSR count). The lowest BCUT2D eigenvalue weighted by atomic mass is 9.83. The SMILES string of the molecule is CC(C)/C(N)=N/C(=O)N1CCC([C@H](C)CCN2C(=O)c3ccccc3C2=O)CC1.